The maximum Gasteiger partial charge on any atom is 0.267 e. The van der Waals surface area contributed by atoms with Gasteiger partial charge in [-0.1, -0.05) is 23.7 Å². The van der Waals surface area contributed by atoms with Crippen molar-refractivity contribution in [1.29, 1.82) is 0 Å². The maximum absolute atomic E-state index is 14.0. The number of amides is 1. The van der Waals surface area contributed by atoms with Gasteiger partial charge in [-0.3, -0.25) is 4.79 Å². The molecule has 0 saturated heterocycles. The molecule has 0 aliphatic carbocycles. The van der Waals surface area contributed by atoms with Crippen LogP contribution in [0.3, 0.4) is 0 Å². The molecule has 0 aliphatic rings. The lowest BCUT2D eigenvalue weighted by Crippen LogP contribution is -2.13. The van der Waals surface area contributed by atoms with Crippen LogP contribution in [-0.4, -0.2) is 27.6 Å². The van der Waals surface area contributed by atoms with Crippen molar-refractivity contribution in [2.45, 2.75) is 6.54 Å². The van der Waals surface area contributed by atoms with E-state index in [-0.39, 0.29) is 10.7 Å². The van der Waals surface area contributed by atoms with Gasteiger partial charge in [0, 0.05) is 23.2 Å². The highest BCUT2D eigenvalue weighted by Crippen LogP contribution is 2.32. The summed E-state index contributed by atoms with van der Waals surface area (Å²) in [6, 6.07) is 13.4. The summed E-state index contributed by atoms with van der Waals surface area (Å²) in [5.74, 6) is -0.649. The van der Waals surface area contributed by atoms with Gasteiger partial charge in [-0.15, -0.1) is 0 Å². The molecule has 1 aromatic carbocycles. The van der Waals surface area contributed by atoms with Crippen molar-refractivity contribution in [1.82, 2.24) is 14.5 Å². The lowest BCUT2D eigenvalue weighted by atomic mass is 10.1. The summed E-state index contributed by atoms with van der Waals surface area (Å²) >= 11 is 5.82. The number of ether oxygens (including phenoxy) is 1. The predicted octanol–water partition coefficient (Wildman–Crippen LogP) is 4.05. The van der Waals surface area contributed by atoms with E-state index in [2.05, 4.69) is 9.97 Å². The fraction of sp³-hybridized carbons (Fsp3) is 0.0952. The first-order valence-electron chi connectivity index (χ1n) is 8.71. The third-order valence-electron chi connectivity index (χ3n) is 4.53. The third kappa shape index (κ3) is 3.64. The Morgan fingerprint density at radius 3 is 2.76 bits per heavy atom. The Bertz CT molecular complexity index is 1240. The second-order valence-corrected chi connectivity index (χ2v) is 6.81. The van der Waals surface area contributed by atoms with Crippen LogP contribution in [0, 0.1) is 5.82 Å². The van der Waals surface area contributed by atoms with E-state index in [4.69, 9.17) is 22.1 Å². The number of aromatic nitrogens is 3. The summed E-state index contributed by atoms with van der Waals surface area (Å²) < 4.78 is 21.0. The van der Waals surface area contributed by atoms with E-state index < -0.39 is 11.7 Å². The summed E-state index contributed by atoms with van der Waals surface area (Å²) in [6.45, 7) is 0.374. The highest BCUT2D eigenvalue weighted by molar-refractivity contribution is 6.30. The van der Waals surface area contributed by atoms with Gasteiger partial charge in [0.2, 0.25) is 5.88 Å². The monoisotopic (exact) mass is 410 g/mol. The SMILES string of the molecule is COc1cccc(Cn2cc(-c3ccc(Cl)c(F)c3)c3ccc(C(N)=O)nc32)n1. The average Bonchev–Trinajstić information content (AvgIpc) is 3.08. The van der Waals surface area contributed by atoms with Crippen LogP contribution in [0.1, 0.15) is 16.2 Å². The lowest BCUT2D eigenvalue weighted by Gasteiger charge is -2.06. The molecule has 1 amide bonds. The van der Waals surface area contributed by atoms with Crippen LogP contribution in [0.15, 0.2) is 54.7 Å². The maximum atomic E-state index is 14.0. The van der Waals surface area contributed by atoms with E-state index in [0.717, 1.165) is 16.6 Å². The van der Waals surface area contributed by atoms with Crippen molar-refractivity contribution in [3.63, 3.8) is 0 Å². The number of halogens is 2. The van der Waals surface area contributed by atoms with E-state index in [0.29, 0.717) is 23.6 Å². The van der Waals surface area contributed by atoms with Crippen LogP contribution in [0.5, 0.6) is 5.88 Å². The first kappa shape index (κ1) is 18.9. The minimum atomic E-state index is -0.627. The molecule has 6 nitrogen and oxygen atoms in total. The van der Waals surface area contributed by atoms with Crippen LogP contribution >= 0.6 is 11.6 Å². The van der Waals surface area contributed by atoms with Crippen molar-refractivity contribution in [3.05, 3.63) is 77.0 Å². The molecule has 4 aromatic rings. The highest BCUT2D eigenvalue weighted by atomic mass is 35.5. The second kappa shape index (κ2) is 7.52. The second-order valence-electron chi connectivity index (χ2n) is 6.40. The molecule has 146 valence electrons. The molecule has 2 N–H and O–H groups in total. The molecule has 29 heavy (non-hydrogen) atoms. The lowest BCUT2D eigenvalue weighted by molar-refractivity contribution is 0.0996. The topological polar surface area (TPSA) is 83.0 Å². The average molecular weight is 411 g/mol. The molecule has 0 atom stereocenters. The molecule has 0 spiro atoms. The molecular formula is C21H16ClFN4O2. The van der Waals surface area contributed by atoms with Gasteiger partial charge in [-0.2, -0.15) is 0 Å². The zero-order valence-electron chi connectivity index (χ0n) is 15.4. The van der Waals surface area contributed by atoms with Crippen LogP contribution in [0.2, 0.25) is 5.02 Å². The number of carbonyl (C=O) groups excluding carboxylic acids is 1. The minimum Gasteiger partial charge on any atom is -0.481 e. The molecule has 0 bridgehead atoms. The van der Waals surface area contributed by atoms with Crippen molar-refractivity contribution in [2.75, 3.05) is 7.11 Å². The number of hydrogen-bond donors (Lipinski definition) is 1. The van der Waals surface area contributed by atoms with E-state index in [1.165, 1.54) is 12.1 Å². The summed E-state index contributed by atoms with van der Waals surface area (Å²) in [7, 11) is 1.55. The van der Waals surface area contributed by atoms with Crippen molar-refractivity contribution < 1.29 is 13.9 Å². The molecule has 0 radical (unpaired) electrons. The van der Waals surface area contributed by atoms with Gasteiger partial charge >= 0.3 is 0 Å². The molecule has 0 unspecified atom stereocenters. The van der Waals surface area contributed by atoms with Gasteiger partial charge in [0.1, 0.15) is 17.2 Å². The number of pyridine rings is 2. The van der Waals surface area contributed by atoms with Crippen LogP contribution in [-0.2, 0) is 6.54 Å². The Morgan fingerprint density at radius 2 is 2.03 bits per heavy atom. The van der Waals surface area contributed by atoms with Crippen LogP contribution < -0.4 is 10.5 Å². The molecule has 0 saturated carbocycles. The van der Waals surface area contributed by atoms with E-state index in [1.54, 1.807) is 31.4 Å². The summed E-state index contributed by atoms with van der Waals surface area (Å²) in [5, 5.41) is 0.798. The van der Waals surface area contributed by atoms with Crippen molar-refractivity contribution >= 4 is 28.5 Å². The number of nitrogens with two attached hydrogens (primary N) is 1. The Balaban J connectivity index is 1.88. The normalized spacial score (nSPS) is 11.0. The fourth-order valence-corrected chi connectivity index (χ4v) is 3.27. The van der Waals surface area contributed by atoms with Gasteiger partial charge in [0.05, 0.1) is 24.4 Å². The van der Waals surface area contributed by atoms with Crippen molar-refractivity contribution in [2.24, 2.45) is 5.73 Å². The Morgan fingerprint density at radius 1 is 1.21 bits per heavy atom. The molecule has 0 fully saturated rings. The summed E-state index contributed by atoms with van der Waals surface area (Å²) in [6.07, 6.45) is 1.84. The smallest absolute Gasteiger partial charge is 0.267 e. The largest absolute Gasteiger partial charge is 0.481 e. The molecular weight excluding hydrogens is 395 g/mol. The summed E-state index contributed by atoms with van der Waals surface area (Å²) in [4.78, 5) is 20.4. The molecule has 3 aromatic heterocycles. The minimum absolute atomic E-state index is 0.0483. The summed E-state index contributed by atoms with van der Waals surface area (Å²) in [5.41, 5.74) is 8.21. The molecule has 3 heterocycles. The van der Waals surface area contributed by atoms with Gasteiger partial charge in [-0.25, -0.2) is 14.4 Å². The number of benzene rings is 1. The van der Waals surface area contributed by atoms with Crippen LogP contribution in [0.4, 0.5) is 4.39 Å². The third-order valence-corrected chi connectivity index (χ3v) is 4.83. The Kier molecular flexibility index (Phi) is 4.90. The van der Waals surface area contributed by atoms with E-state index >= 15 is 0 Å². The number of nitrogens with zero attached hydrogens (tertiary/aromatic N) is 3. The standard InChI is InChI=1S/C21H16ClFN4O2/c1-29-19-4-2-3-13(25-19)10-27-11-15(12-5-7-16(22)17(23)9-12)14-6-8-18(20(24)28)26-21(14)27/h2-9,11H,10H2,1H3,(H2,24,28). The van der Waals surface area contributed by atoms with Gasteiger partial charge in [-0.05, 0) is 35.9 Å². The first-order valence-corrected chi connectivity index (χ1v) is 9.09. The molecule has 8 heteroatoms. The van der Waals surface area contributed by atoms with E-state index in [9.17, 15) is 9.18 Å². The van der Waals surface area contributed by atoms with Gasteiger partial charge in [0.15, 0.2) is 0 Å². The Hall–Kier alpha value is -3.45. The fourth-order valence-electron chi connectivity index (χ4n) is 3.15. The first-order chi connectivity index (χ1) is 14.0. The number of rotatable bonds is 5. The quantitative estimate of drug-likeness (QED) is 0.538. The zero-order valence-corrected chi connectivity index (χ0v) is 16.2. The van der Waals surface area contributed by atoms with Crippen LogP contribution in [0.25, 0.3) is 22.2 Å². The number of methoxy groups -OCH3 is 1. The van der Waals surface area contributed by atoms with Gasteiger partial charge < -0.3 is 15.0 Å². The number of primary amides is 1. The predicted molar refractivity (Wildman–Crippen MR) is 109 cm³/mol. The number of fused-ring (bicyclic) bond motifs is 1. The Labute approximate surface area is 170 Å². The van der Waals surface area contributed by atoms with E-state index in [1.807, 2.05) is 22.9 Å². The number of carbonyl (C=O) groups is 1. The molecule has 4 rings (SSSR count). The number of hydrogen-bond acceptors (Lipinski definition) is 4. The molecule has 0 aliphatic heterocycles. The highest BCUT2D eigenvalue weighted by Gasteiger charge is 2.16. The zero-order chi connectivity index (χ0) is 20.5. The van der Waals surface area contributed by atoms with Crippen molar-refractivity contribution in [3.8, 4) is 17.0 Å². The van der Waals surface area contributed by atoms with Gasteiger partial charge in [0.25, 0.3) is 5.91 Å².